The smallest absolute Gasteiger partial charge is 0.326 e. The van der Waals surface area contributed by atoms with Gasteiger partial charge in [0.05, 0.1) is 13.1 Å². The summed E-state index contributed by atoms with van der Waals surface area (Å²) in [5.41, 5.74) is 6.59. The predicted octanol–water partition coefficient (Wildman–Crippen LogP) is -0.535. The van der Waals surface area contributed by atoms with Gasteiger partial charge in [0, 0.05) is 24.6 Å². The number of fused-ring (bicyclic) bond motifs is 5. The number of nitrogens with one attached hydrogen (secondary N) is 2. The fourth-order valence-corrected chi connectivity index (χ4v) is 3.65. The van der Waals surface area contributed by atoms with Crippen LogP contribution in [0.3, 0.4) is 0 Å². The molecule has 0 saturated heterocycles. The van der Waals surface area contributed by atoms with Crippen molar-refractivity contribution in [3.63, 3.8) is 0 Å². The number of carbonyl (C=O) groups excluding carboxylic acids is 3. The third-order valence-corrected chi connectivity index (χ3v) is 5.39. The molecule has 1 aliphatic heterocycles. The van der Waals surface area contributed by atoms with Crippen LogP contribution in [0.15, 0.2) is 36.4 Å². The van der Waals surface area contributed by atoms with Gasteiger partial charge in [0.2, 0.25) is 17.7 Å². The molecule has 1 heterocycles. The molecule has 0 fully saturated rings. The lowest BCUT2D eigenvalue weighted by Gasteiger charge is -2.28. The zero-order valence-electron chi connectivity index (χ0n) is 17.7. The van der Waals surface area contributed by atoms with Gasteiger partial charge in [-0.15, -0.1) is 0 Å². The van der Waals surface area contributed by atoms with Gasteiger partial charge < -0.3 is 36.6 Å². The van der Waals surface area contributed by atoms with Gasteiger partial charge in [0.15, 0.2) is 0 Å². The topological polar surface area (TPSA) is 182 Å². The Bertz CT molecular complexity index is 1120. The zero-order valence-corrected chi connectivity index (χ0v) is 17.7. The highest BCUT2D eigenvalue weighted by Gasteiger charge is 2.30. The number of benzene rings is 2. The van der Waals surface area contributed by atoms with E-state index in [9.17, 15) is 34.5 Å². The summed E-state index contributed by atoms with van der Waals surface area (Å²) in [5, 5.41) is 35.2. The van der Waals surface area contributed by atoms with E-state index in [4.69, 9.17) is 5.73 Å². The van der Waals surface area contributed by atoms with Crippen LogP contribution < -0.4 is 16.4 Å². The second-order valence-electron chi connectivity index (χ2n) is 7.62. The second kappa shape index (κ2) is 9.57. The summed E-state index contributed by atoms with van der Waals surface area (Å²) in [4.78, 5) is 50.3. The summed E-state index contributed by atoms with van der Waals surface area (Å²) < 4.78 is 0. The van der Waals surface area contributed by atoms with E-state index in [1.807, 2.05) is 0 Å². The number of nitrogens with two attached hydrogens (primary N) is 1. The summed E-state index contributed by atoms with van der Waals surface area (Å²) in [5.74, 6) is -3.67. The first kappa shape index (κ1) is 23.5. The molecule has 2 atom stereocenters. The molecule has 0 radical (unpaired) electrons. The van der Waals surface area contributed by atoms with Crippen LogP contribution in [0, 0.1) is 0 Å². The molecule has 3 amide bonds. The molecule has 11 heteroatoms. The Kier molecular flexibility index (Phi) is 6.83. The minimum absolute atomic E-state index is 0.0981. The Balaban J connectivity index is 2.21. The highest BCUT2D eigenvalue weighted by atomic mass is 16.4. The summed E-state index contributed by atoms with van der Waals surface area (Å²) in [6, 6.07) is 6.03. The number of phenolic OH excluding ortho intramolecular Hbond substituents is 2. The van der Waals surface area contributed by atoms with E-state index in [1.54, 1.807) is 0 Å². The van der Waals surface area contributed by atoms with Gasteiger partial charge in [0.25, 0.3) is 0 Å². The molecule has 2 aromatic rings. The van der Waals surface area contributed by atoms with E-state index < -0.39 is 42.3 Å². The fraction of sp³-hybridized carbons (Fsp3) is 0.273. The van der Waals surface area contributed by atoms with Crippen molar-refractivity contribution in [2.45, 2.75) is 18.5 Å². The maximum atomic E-state index is 13.0. The molecule has 174 valence electrons. The first-order valence-electron chi connectivity index (χ1n) is 10.0. The highest BCUT2D eigenvalue weighted by molar-refractivity contribution is 5.93. The third kappa shape index (κ3) is 5.04. The van der Waals surface area contributed by atoms with Crippen LogP contribution in [0.2, 0.25) is 0 Å². The number of aromatic hydroxyl groups is 2. The van der Waals surface area contributed by atoms with Crippen LogP contribution in [0.4, 0.5) is 0 Å². The molecule has 4 bridgehead atoms. The van der Waals surface area contributed by atoms with E-state index in [1.165, 1.54) is 43.4 Å². The number of nitrogens with zero attached hydrogens (tertiary/aromatic N) is 1. The van der Waals surface area contributed by atoms with Gasteiger partial charge in [-0.1, -0.05) is 12.1 Å². The summed E-state index contributed by atoms with van der Waals surface area (Å²) >= 11 is 0. The maximum absolute atomic E-state index is 13.0. The lowest BCUT2D eigenvalue weighted by atomic mass is 9.94. The molecule has 33 heavy (non-hydrogen) atoms. The first-order chi connectivity index (χ1) is 15.6. The van der Waals surface area contributed by atoms with Gasteiger partial charge in [-0.3, -0.25) is 14.4 Å². The number of likely N-dealkylation sites (N-methyl/N-ethyl adjacent to an activating group) is 1. The Labute approximate surface area is 188 Å². The Morgan fingerprint density at radius 3 is 2.36 bits per heavy atom. The van der Waals surface area contributed by atoms with E-state index in [0.29, 0.717) is 11.1 Å². The van der Waals surface area contributed by atoms with Crippen molar-refractivity contribution in [2.24, 2.45) is 5.73 Å². The molecule has 0 aromatic heterocycles. The SMILES string of the molecule is CN(C(=O)CN)C1C(=O)NCC(=O)N[C@H](C(=O)O)Cc2ccc(O)c(c2)-c2cc1ccc2O. The molecule has 7 N–H and O–H groups in total. The highest BCUT2D eigenvalue weighted by Crippen LogP contribution is 2.38. The lowest BCUT2D eigenvalue weighted by Crippen LogP contribution is -2.49. The van der Waals surface area contributed by atoms with Crippen molar-refractivity contribution in [2.75, 3.05) is 20.1 Å². The average Bonchev–Trinajstić information content (AvgIpc) is 2.78. The quantitative estimate of drug-likeness (QED) is 0.356. The monoisotopic (exact) mass is 456 g/mol. The first-order valence-corrected chi connectivity index (χ1v) is 10.0. The van der Waals surface area contributed by atoms with Gasteiger partial charge in [-0.25, -0.2) is 4.79 Å². The van der Waals surface area contributed by atoms with Crippen molar-refractivity contribution in [1.82, 2.24) is 15.5 Å². The largest absolute Gasteiger partial charge is 0.507 e. The number of carboxylic acids is 1. The Morgan fingerprint density at radius 1 is 1.09 bits per heavy atom. The van der Waals surface area contributed by atoms with E-state index in [0.717, 1.165) is 4.90 Å². The van der Waals surface area contributed by atoms with Crippen molar-refractivity contribution in [1.29, 1.82) is 0 Å². The summed E-state index contributed by atoms with van der Waals surface area (Å²) in [6.45, 7) is -0.885. The number of hydrogen-bond acceptors (Lipinski definition) is 7. The number of phenols is 2. The van der Waals surface area contributed by atoms with Crippen molar-refractivity contribution >= 4 is 23.7 Å². The third-order valence-electron chi connectivity index (χ3n) is 5.39. The van der Waals surface area contributed by atoms with Crippen molar-refractivity contribution < 1.29 is 34.5 Å². The van der Waals surface area contributed by atoms with Crippen LogP contribution in [0.25, 0.3) is 11.1 Å². The number of rotatable bonds is 3. The number of hydrogen-bond donors (Lipinski definition) is 6. The number of amides is 3. The van der Waals surface area contributed by atoms with Crippen molar-refractivity contribution in [3.05, 3.63) is 47.5 Å². The molecule has 11 nitrogen and oxygen atoms in total. The predicted molar refractivity (Wildman–Crippen MR) is 116 cm³/mol. The number of carbonyl (C=O) groups is 4. The molecule has 2 aromatic carbocycles. The number of aliphatic carboxylic acids is 1. The van der Waals surface area contributed by atoms with Crippen LogP contribution in [0.1, 0.15) is 17.2 Å². The Morgan fingerprint density at radius 2 is 1.73 bits per heavy atom. The molecule has 0 saturated carbocycles. The maximum Gasteiger partial charge on any atom is 0.326 e. The minimum atomic E-state index is -1.30. The lowest BCUT2D eigenvalue weighted by molar-refractivity contribution is -0.142. The molecular weight excluding hydrogens is 432 g/mol. The van der Waals surface area contributed by atoms with Crippen LogP contribution in [0.5, 0.6) is 11.5 Å². The van der Waals surface area contributed by atoms with Crippen LogP contribution in [-0.4, -0.2) is 70.1 Å². The second-order valence-corrected chi connectivity index (χ2v) is 7.62. The summed E-state index contributed by atoms with van der Waals surface area (Å²) in [7, 11) is 1.37. The van der Waals surface area contributed by atoms with Gasteiger partial charge in [-0.05, 0) is 35.4 Å². The van der Waals surface area contributed by atoms with Crippen LogP contribution in [-0.2, 0) is 25.6 Å². The van der Waals surface area contributed by atoms with Gasteiger partial charge in [-0.2, -0.15) is 0 Å². The van der Waals surface area contributed by atoms with E-state index >= 15 is 0 Å². The average molecular weight is 456 g/mol. The van der Waals surface area contributed by atoms with Crippen molar-refractivity contribution in [3.8, 4) is 22.6 Å². The number of carboxylic acid groups (broad SMARTS) is 1. The van der Waals surface area contributed by atoms with Gasteiger partial charge in [0.1, 0.15) is 23.6 Å². The molecule has 0 aliphatic carbocycles. The molecule has 1 unspecified atom stereocenters. The fourth-order valence-electron chi connectivity index (χ4n) is 3.65. The van der Waals surface area contributed by atoms with E-state index in [-0.39, 0.29) is 35.6 Å². The summed E-state index contributed by atoms with van der Waals surface area (Å²) in [6.07, 6.45) is -0.0981. The normalized spacial score (nSPS) is 18.5. The minimum Gasteiger partial charge on any atom is -0.507 e. The standard InChI is InChI=1S/C22H24N4O7/c1-26(19(30)9-23)20-12-3-5-17(28)14(8-12)13-6-11(2-4-16(13)27)7-15(22(32)33)25-18(29)10-24-21(20)31/h2-6,8,15,20,27-28H,7,9-10,23H2,1H3,(H,24,31)(H,25,29)(H,32,33)/t15-,20?/m0/s1. The molecular formula is C22H24N4O7. The molecule has 1 aliphatic rings. The zero-order chi connectivity index (χ0) is 24.3. The van der Waals surface area contributed by atoms with E-state index in [2.05, 4.69) is 10.6 Å². The van der Waals surface area contributed by atoms with Crippen LogP contribution >= 0.6 is 0 Å². The van der Waals surface area contributed by atoms with Gasteiger partial charge >= 0.3 is 5.97 Å². The Hall–Kier alpha value is -4.12. The molecule has 0 spiro atoms. The molecule has 3 rings (SSSR count).